The van der Waals surface area contributed by atoms with E-state index in [1.165, 1.54) is 0 Å². The van der Waals surface area contributed by atoms with Crippen molar-refractivity contribution < 1.29 is 4.74 Å². The summed E-state index contributed by atoms with van der Waals surface area (Å²) in [6, 6.07) is 15.8. The molecule has 0 atom stereocenters. The first-order valence-corrected chi connectivity index (χ1v) is 6.14. The number of fused-ring (bicyclic) bond motifs is 1. The molecule has 0 aliphatic carbocycles. The summed E-state index contributed by atoms with van der Waals surface area (Å²) in [6.45, 7) is 0.541. The first kappa shape index (κ1) is 11.2. The summed E-state index contributed by atoms with van der Waals surface area (Å²) in [5.74, 6) is 0.876. The average Bonchev–Trinajstić information content (AvgIpc) is 2.82. The summed E-state index contributed by atoms with van der Waals surface area (Å²) in [6.07, 6.45) is 1.89. The molecule has 2 aromatic carbocycles. The molecule has 18 heavy (non-hydrogen) atoms. The molecule has 1 aromatic heterocycles. The van der Waals surface area contributed by atoms with E-state index in [1.807, 2.05) is 54.7 Å². The molecule has 2 nitrogen and oxygen atoms in total. The topological polar surface area (TPSA) is 25.0 Å². The van der Waals surface area contributed by atoms with Gasteiger partial charge < -0.3 is 9.72 Å². The fraction of sp³-hybridized carbons (Fsp3) is 0.0667. The molecule has 0 unspecified atom stereocenters. The summed E-state index contributed by atoms with van der Waals surface area (Å²) < 4.78 is 5.81. The number of hydrogen-bond acceptors (Lipinski definition) is 1. The minimum atomic E-state index is 0.541. The smallest absolute Gasteiger partial charge is 0.145 e. The number of para-hydroxylation sites is 1. The van der Waals surface area contributed by atoms with E-state index in [9.17, 15) is 0 Å². The number of aromatic amines is 1. The Balaban J connectivity index is 1.79. The summed E-state index contributed by atoms with van der Waals surface area (Å²) >= 11 is 5.84. The van der Waals surface area contributed by atoms with Crippen LogP contribution in [0.1, 0.15) is 5.56 Å². The number of H-pyrrole nitrogens is 1. The first-order valence-electron chi connectivity index (χ1n) is 5.76. The van der Waals surface area contributed by atoms with E-state index < -0.39 is 0 Å². The predicted molar refractivity (Wildman–Crippen MR) is 74.1 cm³/mol. The van der Waals surface area contributed by atoms with Crippen molar-refractivity contribution in [1.29, 1.82) is 0 Å². The zero-order chi connectivity index (χ0) is 12.4. The zero-order valence-electron chi connectivity index (χ0n) is 9.69. The Labute approximate surface area is 110 Å². The highest BCUT2D eigenvalue weighted by atomic mass is 35.5. The number of ether oxygens (including phenoxy) is 1. The molecular weight excluding hydrogens is 246 g/mol. The third kappa shape index (κ3) is 2.20. The molecule has 3 rings (SSSR count). The molecule has 0 bridgehead atoms. The minimum Gasteiger partial charge on any atom is -0.487 e. The Morgan fingerprint density at radius 2 is 1.78 bits per heavy atom. The van der Waals surface area contributed by atoms with E-state index in [1.54, 1.807) is 0 Å². The molecular formula is C15H12ClNO. The van der Waals surface area contributed by atoms with Crippen LogP contribution in [0.4, 0.5) is 0 Å². The SMILES string of the molecule is Clc1ccc(COc2c[nH]c3ccccc23)cc1. The molecule has 0 fully saturated rings. The fourth-order valence-corrected chi connectivity index (χ4v) is 2.03. The van der Waals surface area contributed by atoms with E-state index >= 15 is 0 Å². The van der Waals surface area contributed by atoms with Gasteiger partial charge in [0.1, 0.15) is 12.4 Å². The minimum absolute atomic E-state index is 0.541. The number of halogens is 1. The third-order valence-corrected chi connectivity index (χ3v) is 3.11. The lowest BCUT2D eigenvalue weighted by atomic mass is 10.2. The summed E-state index contributed by atoms with van der Waals surface area (Å²) in [5.41, 5.74) is 2.19. The van der Waals surface area contributed by atoms with Crippen LogP contribution in [0.2, 0.25) is 5.02 Å². The molecule has 0 spiro atoms. The Kier molecular flexibility index (Phi) is 2.95. The number of aromatic nitrogens is 1. The molecule has 0 saturated heterocycles. The van der Waals surface area contributed by atoms with Gasteiger partial charge in [-0.25, -0.2) is 0 Å². The maximum Gasteiger partial charge on any atom is 0.145 e. The van der Waals surface area contributed by atoms with Gasteiger partial charge in [0.05, 0.1) is 0 Å². The van der Waals surface area contributed by atoms with Gasteiger partial charge in [-0.15, -0.1) is 0 Å². The van der Waals surface area contributed by atoms with Crippen molar-refractivity contribution in [3.8, 4) is 5.75 Å². The van der Waals surface area contributed by atoms with Crippen LogP contribution in [0.15, 0.2) is 54.7 Å². The lowest BCUT2D eigenvalue weighted by Crippen LogP contribution is -1.94. The Morgan fingerprint density at radius 1 is 1.00 bits per heavy atom. The van der Waals surface area contributed by atoms with E-state index in [0.29, 0.717) is 6.61 Å². The molecule has 0 amide bonds. The van der Waals surface area contributed by atoms with Gasteiger partial charge in [0.25, 0.3) is 0 Å². The molecule has 0 aliphatic heterocycles. The van der Waals surface area contributed by atoms with Crippen molar-refractivity contribution in [2.45, 2.75) is 6.61 Å². The summed E-state index contributed by atoms with van der Waals surface area (Å²) in [4.78, 5) is 3.19. The van der Waals surface area contributed by atoms with Crippen LogP contribution in [0.3, 0.4) is 0 Å². The fourth-order valence-electron chi connectivity index (χ4n) is 1.91. The van der Waals surface area contributed by atoms with Crippen LogP contribution in [0, 0.1) is 0 Å². The van der Waals surface area contributed by atoms with Gasteiger partial charge in [0.15, 0.2) is 0 Å². The van der Waals surface area contributed by atoms with Gasteiger partial charge in [0.2, 0.25) is 0 Å². The van der Waals surface area contributed by atoms with Gasteiger partial charge in [0, 0.05) is 22.1 Å². The monoisotopic (exact) mass is 257 g/mol. The Hall–Kier alpha value is -1.93. The second-order valence-corrected chi connectivity index (χ2v) is 4.55. The number of rotatable bonds is 3. The second kappa shape index (κ2) is 4.75. The highest BCUT2D eigenvalue weighted by Gasteiger charge is 2.03. The van der Waals surface area contributed by atoms with Crippen LogP contribution in [-0.4, -0.2) is 4.98 Å². The van der Waals surface area contributed by atoms with Crippen molar-refractivity contribution >= 4 is 22.5 Å². The maximum absolute atomic E-state index is 5.84. The van der Waals surface area contributed by atoms with Crippen molar-refractivity contribution in [1.82, 2.24) is 4.98 Å². The van der Waals surface area contributed by atoms with Crippen molar-refractivity contribution in [3.05, 3.63) is 65.3 Å². The lowest BCUT2D eigenvalue weighted by Gasteiger charge is -2.04. The van der Waals surface area contributed by atoms with Crippen LogP contribution in [0.25, 0.3) is 10.9 Å². The van der Waals surface area contributed by atoms with Crippen LogP contribution in [0.5, 0.6) is 5.75 Å². The Morgan fingerprint density at radius 3 is 2.61 bits per heavy atom. The quantitative estimate of drug-likeness (QED) is 0.739. The molecule has 0 aliphatic rings. The summed E-state index contributed by atoms with van der Waals surface area (Å²) in [5, 5.41) is 1.84. The van der Waals surface area contributed by atoms with Crippen LogP contribution in [-0.2, 0) is 6.61 Å². The molecule has 0 saturated carbocycles. The summed E-state index contributed by atoms with van der Waals surface area (Å²) in [7, 11) is 0. The van der Waals surface area contributed by atoms with Gasteiger partial charge in [-0.05, 0) is 29.8 Å². The number of nitrogens with one attached hydrogen (secondary N) is 1. The van der Waals surface area contributed by atoms with Crippen molar-refractivity contribution in [2.24, 2.45) is 0 Å². The average molecular weight is 258 g/mol. The molecule has 0 radical (unpaired) electrons. The van der Waals surface area contributed by atoms with Crippen molar-refractivity contribution in [3.63, 3.8) is 0 Å². The van der Waals surface area contributed by atoms with Gasteiger partial charge >= 0.3 is 0 Å². The van der Waals surface area contributed by atoms with Crippen molar-refractivity contribution in [2.75, 3.05) is 0 Å². The van der Waals surface area contributed by atoms with E-state index in [4.69, 9.17) is 16.3 Å². The molecule has 1 heterocycles. The van der Waals surface area contributed by atoms with Gasteiger partial charge in [-0.1, -0.05) is 35.9 Å². The van der Waals surface area contributed by atoms with Crippen LogP contribution >= 0.6 is 11.6 Å². The van der Waals surface area contributed by atoms with Gasteiger partial charge in [-0.3, -0.25) is 0 Å². The molecule has 3 aromatic rings. The zero-order valence-corrected chi connectivity index (χ0v) is 10.4. The second-order valence-electron chi connectivity index (χ2n) is 4.11. The molecule has 3 heteroatoms. The van der Waals surface area contributed by atoms with Gasteiger partial charge in [-0.2, -0.15) is 0 Å². The number of benzene rings is 2. The first-order chi connectivity index (χ1) is 8.83. The largest absolute Gasteiger partial charge is 0.487 e. The van der Waals surface area contributed by atoms with E-state index in [-0.39, 0.29) is 0 Å². The molecule has 90 valence electrons. The highest BCUT2D eigenvalue weighted by molar-refractivity contribution is 6.30. The molecule has 1 N–H and O–H groups in total. The third-order valence-electron chi connectivity index (χ3n) is 2.86. The maximum atomic E-state index is 5.84. The standard InChI is InChI=1S/C15H12ClNO/c16-12-7-5-11(6-8-12)10-18-15-9-17-14-4-2-1-3-13(14)15/h1-9,17H,10H2. The predicted octanol–water partition coefficient (Wildman–Crippen LogP) is 4.40. The number of hydrogen-bond donors (Lipinski definition) is 1. The normalized spacial score (nSPS) is 10.7. The highest BCUT2D eigenvalue weighted by Crippen LogP contribution is 2.25. The van der Waals surface area contributed by atoms with E-state index in [0.717, 1.165) is 27.2 Å². The van der Waals surface area contributed by atoms with Crippen LogP contribution < -0.4 is 4.74 Å². The van der Waals surface area contributed by atoms with E-state index in [2.05, 4.69) is 4.98 Å². The lowest BCUT2D eigenvalue weighted by molar-refractivity contribution is 0.310. The Bertz CT molecular complexity index is 658.